The SMILES string of the molecule is Brc1ccc(CN2CCC3(CCNC3)C2)s1. The van der Waals surface area contributed by atoms with E-state index < -0.39 is 0 Å². The highest BCUT2D eigenvalue weighted by atomic mass is 79.9. The summed E-state index contributed by atoms with van der Waals surface area (Å²) in [6.45, 7) is 6.15. The lowest BCUT2D eigenvalue weighted by Crippen LogP contribution is -2.28. The van der Waals surface area contributed by atoms with Gasteiger partial charge in [0.05, 0.1) is 3.79 Å². The van der Waals surface area contributed by atoms with Crippen LogP contribution in [0.2, 0.25) is 0 Å². The van der Waals surface area contributed by atoms with Crippen molar-refractivity contribution in [2.75, 3.05) is 26.2 Å². The zero-order chi connectivity index (χ0) is 11.0. The van der Waals surface area contributed by atoms with Gasteiger partial charge in [0.2, 0.25) is 0 Å². The average molecular weight is 301 g/mol. The smallest absolute Gasteiger partial charge is 0.0701 e. The van der Waals surface area contributed by atoms with Gasteiger partial charge in [0.25, 0.3) is 0 Å². The van der Waals surface area contributed by atoms with Gasteiger partial charge in [0.1, 0.15) is 0 Å². The Morgan fingerprint density at radius 1 is 1.44 bits per heavy atom. The zero-order valence-corrected chi connectivity index (χ0v) is 11.7. The highest BCUT2D eigenvalue weighted by Gasteiger charge is 2.40. The second-order valence-corrected chi connectivity index (χ2v) is 7.64. The molecule has 0 aromatic carbocycles. The standard InChI is InChI=1S/C12H17BrN2S/c13-11-2-1-10(16-11)7-15-6-4-12(9-15)3-5-14-8-12/h1-2,14H,3-9H2. The van der Waals surface area contributed by atoms with Crippen LogP contribution in [0.15, 0.2) is 15.9 Å². The van der Waals surface area contributed by atoms with E-state index in [9.17, 15) is 0 Å². The summed E-state index contributed by atoms with van der Waals surface area (Å²) in [5.41, 5.74) is 0.606. The van der Waals surface area contributed by atoms with Crippen LogP contribution in [0.25, 0.3) is 0 Å². The van der Waals surface area contributed by atoms with Crippen molar-refractivity contribution in [1.82, 2.24) is 10.2 Å². The second kappa shape index (κ2) is 4.41. The molecule has 3 rings (SSSR count). The Morgan fingerprint density at radius 3 is 3.06 bits per heavy atom. The summed E-state index contributed by atoms with van der Waals surface area (Å²) in [6.07, 6.45) is 2.75. The lowest BCUT2D eigenvalue weighted by molar-refractivity contribution is 0.270. The van der Waals surface area contributed by atoms with E-state index in [0.29, 0.717) is 5.41 Å². The molecular weight excluding hydrogens is 284 g/mol. The molecule has 0 amide bonds. The van der Waals surface area contributed by atoms with Crippen LogP contribution in [0.5, 0.6) is 0 Å². The minimum atomic E-state index is 0.606. The molecule has 1 unspecified atom stereocenters. The average Bonchev–Trinajstić information content (AvgIpc) is 2.94. The van der Waals surface area contributed by atoms with Crippen LogP contribution in [0, 0.1) is 5.41 Å². The first-order valence-electron chi connectivity index (χ1n) is 5.93. The van der Waals surface area contributed by atoms with Gasteiger partial charge in [0.15, 0.2) is 0 Å². The molecule has 0 radical (unpaired) electrons. The van der Waals surface area contributed by atoms with Gasteiger partial charge in [-0.25, -0.2) is 0 Å². The molecule has 2 nitrogen and oxygen atoms in total. The summed E-state index contributed by atoms with van der Waals surface area (Å²) in [4.78, 5) is 4.10. The maximum Gasteiger partial charge on any atom is 0.0701 e. The predicted molar refractivity (Wildman–Crippen MR) is 71.8 cm³/mol. The minimum Gasteiger partial charge on any atom is -0.316 e. The molecule has 0 saturated carbocycles. The van der Waals surface area contributed by atoms with Crippen LogP contribution in [0.3, 0.4) is 0 Å². The van der Waals surface area contributed by atoms with Gasteiger partial charge in [-0.3, -0.25) is 4.90 Å². The first-order valence-corrected chi connectivity index (χ1v) is 7.54. The number of halogens is 1. The van der Waals surface area contributed by atoms with Gasteiger partial charge in [-0.15, -0.1) is 11.3 Å². The number of likely N-dealkylation sites (tertiary alicyclic amines) is 1. The number of nitrogens with zero attached hydrogens (tertiary/aromatic N) is 1. The van der Waals surface area contributed by atoms with Gasteiger partial charge in [-0.1, -0.05) is 0 Å². The first-order chi connectivity index (χ1) is 7.76. The summed E-state index contributed by atoms with van der Waals surface area (Å²) in [7, 11) is 0. The fourth-order valence-electron chi connectivity index (χ4n) is 2.96. The molecule has 2 aliphatic heterocycles. The molecule has 0 bridgehead atoms. The summed E-state index contributed by atoms with van der Waals surface area (Å²) in [5.74, 6) is 0. The monoisotopic (exact) mass is 300 g/mol. The first kappa shape index (κ1) is 11.2. The minimum absolute atomic E-state index is 0.606. The largest absolute Gasteiger partial charge is 0.316 e. The summed E-state index contributed by atoms with van der Waals surface area (Å²) >= 11 is 5.40. The molecular formula is C12H17BrN2S. The molecule has 2 saturated heterocycles. The number of thiophene rings is 1. The Bertz CT molecular complexity index is 371. The van der Waals surface area contributed by atoms with E-state index in [4.69, 9.17) is 0 Å². The van der Waals surface area contributed by atoms with E-state index in [0.717, 1.165) is 6.54 Å². The van der Waals surface area contributed by atoms with Crippen LogP contribution in [0.1, 0.15) is 17.7 Å². The van der Waals surface area contributed by atoms with Crippen molar-refractivity contribution in [1.29, 1.82) is 0 Å². The number of hydrogen-bond donors (Lipinski definition) is 1. The molecule has 1 N–H and O–H groups in total. The van der Waals surface area contributed by atoms with E-state index in [2.05, 4.69) is 38.3 Å². The molecule has 88 valence electrons. The van der Waals surface area contributed by atoms with Crippen molar-refractivity contribution in [3.8, 4) is 0 Å². The molecule has 16 heavy (non-hydrogen) atoms. The molecule has 2 fully saturated rings. The van der Waals surface area contributed by atoms with Crippen LogP contribution in [0.4, 0.5) is 0 Å². The molecule has 1 aromatic heterocycles. The fourth-order valence-corrected chi connectivity index (χ4v) is 4.49. The fraction of sp³-hybridized carbons (Fsp3) is 0.667. The van der Waals surface area contributed by atoms with Crippen molar-refractivity contribution in [3.05, 3.63) is 20.8 Å². The zero-order valence-electron chi connectivity index (χ0n) is 9.34. The third-order valence-electron chi connectivity index (χ3n) is 3.86. The summed E-state index contributed by atoms with van der Waals surface area (Å²) in [5, 5.41) is 3.51. The Morgan fingerprint density at radius 2 is 2.38 bits per heavy atom. The van der Waals surface area contributed by atoms with Crippen molar-refractivity contribution in [2.45, 2.75) is 19.4 Å². The lowest BCUT2D eigenvalue weighted by Gasteiger charge is -2.22. The van der Waals surface area contributed by atoms with Crippen molar-refractivity contribution in [3.63, 3.8) is 0 Å². The van der Waals surface area contributed by atoms with Crippen LogP contribution >= 0.6 is 27.3 Å². The number of nitrogens with one attached hydrogen (secondary N) is 1. The van der Waals surface area contributed by atoms with Gasteiger partial charge in [-0.2, -0.15) is 0 Å². The quantitative estimate of drug-likeness (QED) is 0.903. The molecule has 1 spiro atoms. The third kappa shape index (κ3) is 2.21. The van der Waals surface area contributed by atoms with Crippen LogP contribution in [-0.4, -0.2) is 31.1 Å². The van der Waals surface area contributed by atoms with Gasteiger partial charge >= 0.3 is 0 Å². The van der Waals surface area contributed by atoms with E-state index in [1.54, 1.807) is 0 Å². The second-order valence-electron chi connectivity index (χ2n) is 5.09. The van der Waals surface area contributed by atoms with Crippen LogP contribution in [-0.2, 0) is 6.54 Å². The molecule has 0 aliphatic carbocycles. The van der Waals surface area contributed by atoms with Crippen molar-refractivity contribution in [2.24, 2.45) is 5.41 Å². The Balaban J connectivity index is 1.61. The topological polar surface area (TPSA) is 15.3 Å². The Hall–Kier alpha value is 0.1000. The highest BCUT2D eigenvalue weighted by Crippen LogP contribution is 2.37. The maximum atomic E-state index is 3.53. The van der Waals surface area contributed by atoms with Crippen molar-refractivity contribution >= 4 is 27.3 Å². The molecule has 2 aliphatic rings. The van der Waals surface area contributed by atoms with Gasteiger partial charge < -0.3 is 5.32 Å². The molecule has 1 atom stereocenters. The Labute approximate surface area is 109 Å². The number of hydrogen-bond acceptors (Lipinski definition) is 3. The highest BCUT2D eigenvalue weighted by molar-refractivity contribution is 9.11. The van der Waals surface area contributed by atoms with Crippen molar-refractivity contribution < 1.29 is 0 Å². The molecule has 1 aromatic rings. The van der Waals surface area contributed by atoms with E-state index in [-0.39, 0.29) is 0 Å². The predicted octanol–water partition coefficient (Wildman–Crippen LogP) is 2.70. The van der Waals surface area contributed by atoms with E-state index in [1.807, 2.05) is 11.3 Å². The number of rotatable bonds is 2. The maximum absolute atomic E-state index is 3.53. The van der Waals surface area contributed by atoms with Gasteiger partial charge in [0, 0.05) is 24.5 Å². The van der Waals surface area contributed by atoms with Gasteiger partial charge in [-0.05, 0) is 59.4 Å². The lowest BCUT2D eigenvalue weighted by atomic mass is 9.87. The molecule has 3 heterocycles. The molecule has 4 heteroatoms. The Kier molecular flexibility index (Phi) is 3.09. The third-order valence-corrected chi connectivity index (χ3v) is 5.47. The van der Waals surface area contributed by atoms with E-state index in [1.165, 1.54) is 47.7 Å². The van der Waals surface area contributed by atoms with Crippen LogP contribution < -0.4 is 5.32 Å². The van der Waals surface area contributed by atoms with E-state index >= 15 is 0 Å². The normalized spacial score (nSPS) is 30.6. The summed E-state index contributed by atoms with van der Waals surface area (Å²) < 4.78 is 1.25. The summed E-state index contributed by atoms with van der Waals surface area (Å²) in [6, 6.07) is 4.40.